The molecule has 2 aromatic heterocycles. The van der Waals surface area contributed by atoms with Crippen LogP contribution in [-0.4, -0.2) is 36.5 Å². The second-order valence-corrected chi connectivity index (χ2v) is 5.99. The number of aromatic nitrogens is 5. The Balaban J connectivity index is 1.47. The number of benzene rings is 1. The Morgan fingerprint density at radius 3 is 2.88 bits per heavy atom. The summed E-state index contributed by atoms with van der Waals surface area (Å²) in [6.07, 6.45) is 6.39. The average molecular weight is 336 g/mol. The van der Waals surface area contributed by atoms with Crippen LogP contribution in [0.2, 0.25) is 0 Å². The Bertz CT molecular complexity index is 971. The number of hydrogen-bond donors (Lipinski definition) is 1. The van der Waals surface area contributed by atoms with Crippen molar-refractivity contribution in [1.29, 1.82) is 0 Å². The summed E-state index contributed by atoms with van der Waals surface area (Å²) < 4.78 is 1.57. The molecule has 1 aliphatic rings. The molecule has 1 aromatic carbocycles. The second kappa shape index (κ2) is 5.97. The van der Waals surface area contributed by atoms with Crippen LogP contribution in [0.1, 0.15) is 22.3 Å². The largest absolute Gasteiger partial charge is 0.306 e. The summed E-state index contributed by atoms with van der Waals surface area (Å²) in [4.78, 5) is 25.1. The van der Waals surface area contributed by atoms with E-state index in [1.165, 1.54) is 11.0 Å². The van der Waals surface area contributed by atoms with E-state index in [9.17, 15) is 9.59 Å². The third-order valence-corrected chi connectivity index (χ3v) is 4.17. The van der Waals surface area contributed by atoms with Gasteiger partial charge in [-0.3, -0.25) is 14.3 Å². The molecule has 3 aromatic rings. The predicted octanol–water partition coefficient (Wildman–Crippen LogP) is 1.45. The smallest absolute Gasteiger partial charge is 0.247 e. The van der Waals surface area contributed by atoms with Gasteiger partial charge in [-0.1, -0.05) is 18.2 Å². The number of nitrogens with one attached hydrogen (secondary N) is 1. The Hall–Kier alpha value is -3.29. The van der Waals surface area contributed by atoms with Crippen LogP contribution in [0, 0.1) is 0 Å². The van der Waals surface area contributed by atoms with Crippen LogP contribution in [0.15, 0.2) is 36.8 Å². The van der Waals surface area contributed by atoms with Gasteiger partial charge in [0.25, 0.3) is 0 Å². The van der Waals surface area contributed by atoms with Gasteiger partial charge in [-0.25, -0.2) is 0 Å². The molecule has 0 unspecified atom stereocenters. The zero-order valence-corrected chi connectivity index (χ0v) is 13.6. The van der Waals surface area contributed by atoms with Crippen LogP contribution in [0.5, 0.6) is 0 Å². The molecule has 8 nitrogen and oxygen atoms in total. The number of fused-ring (bicyclic) bond motifs is 1. The number of anilines is 1. The van der Waals surface area contributed by atoms with Crippen LogP contribution in [0.3, 0.4) is 0 Å². The first kappa shape index (κ1) is 15.3. The Morgan fingerprint density at radius 2 is 2.08 bits per heavy atom. The van der Waals surface area contributed by atoms with Crippen molar-refractivity contribution in [3.05, 3.63) is 47.9 Å². The number of carbonyl (C=O) groups is 2. The highest BCUT2D eigenvalue weighted by molar-refractivity contribution is 6.00. The standard InChI is InChI=1S/C17H16N6O2/c1-22-18-8-16(21-22)20-17(25)10-23-9-13(7-19-23)11-2-4-14-12(6-11)3-5-15(14)24/h2,4,6-9H,3,5,10H2,1H3,(H,20,21,25). The van der Waals surface area contributed by atoms with Gasteiger partial charge in [0.05, 0.1) is 12.4 Å². The molecular formula is C17H16N6O2. The minimum atomic E-state index is -0.227. The van der Waals surface area contributed by atoms with E-state index in [1.54, 1.807) is 17.9 Å². The van der Waals surface area contributed by atoms with E-state index in [0.717, 1.165) is 28.7 Å². The SMILES string of the molecule is Cn1ncc(NC(=O)Cn2cc(-c3ccc4c(c3)CCC4=O)cn2)n1. The molecule has 0 spiro atoms. The van der Waals surface area contributed by atoms with Crippen molar-refractivity contribution in [3.63, 3.8) is 0 Å². The number of ketones is 1. The highest BCUT2D eigenvalue weighted by Gasteiger charge is 2.19. The molecule has 0 bridgehead atoms. The fourth-order valence-electron chi connectivity index (χ4n) is 2.97. The maximum absolute atomic E-state index is 12.0. The average Bonchev–Trinajstić information content (AvgIpc) is 3.29. The number of Topliss-reactive ketones (excluding diaryl/α,β-unsaturated/α-hetero) is 1. The summed E-state index contributed by atoms with van der Waals surface area (Å²) >= 11 is 0. The first-order valence-corrected chi connectivity index (χ1v) is 7.93. The van der Waals surface area contributed by atoms with Gasteiger partial charge in [0, 0.05) is 30.8 Å². The zero-order chi connectivity index (χ0) is 17.4. The van der Waals surface area contributed by atoms with Crippen molar-refractivity contribution < 1.29 is 9.59 Å². The van der Waals surface area contributed by atoms with E-state index in [4.69, 9.17) is 0 Å². The molecule has 0 radical (unpaired) electrons. The van der Waals surface area contributed by atoms with E-state index in [-0.39, 0.29) is 18.2 Å². The molecule has 0 saturated carbocycles. The van der Waals surface area contributed by atoms with Gasteiger partial charge >= 0.3 is 0 Å². The van der Waals surface area contributed by atoms with Gasteiger partial charge < -0.3 is 5.32 Å². The third kappa shape index (κ3) is 3.06. The van der Waals surface area contributed by atoms with Crippen molar-refractivity contribution >= 4 is 17.5 Å². The molecule has 0 fully saturated rings. The summed E-state index contributed by atoms with van der Waals surface area (Å²) in [5.41, 5.74) is 3.80. The van der Waals surface area contributed by atoms with E-state index in [1.807, 2.05) is 24.4 Å². The lowest BCUT2D eigenvalue weighted by molar-refractivity contribution is -0.116. The lowest BCUT2D eigenvalue weighted by atomic mass is 10.0. The molecular weight excluding hydrogens is 320 g/mol. The van der Waals surface area contributed by atoms with E-state index in [0.29, 0.717) is 12.2 Å². The molecule has 1 N–H and O–H groups in total. The quantitative estimate of drug-likeness (QED) is 0.778. The van der Waals surface area contributed by atoms with Crippen LogP contribution in [0.25, 0.3) is 11.1 Å². The van der Waals surface area contributed by atoms with Crippen molar-refractivity contribution in [2.75, 3.05) is 5.32 Å². The Morgan fingerprint density at radius 1 is 1.20 bits per heavy atom. The Kier molecular flexibility index (Phi) is 3.64. The van der Waals surface area contributed by atoms with Gasteiger partial charge in [0.15, 0.2) is 11.6 Å². The normalized spacial score (nSPS) is 13.1. The van der Waals surface area contributed by atoms with E-state index < -0.39 is 0 Å². The van der Waals surface area contributed by atoms with Crippen LogP contribution in [0.4, 0.5) is 5.82 Å². The first-order valence-electron chi connectivity index (χ1n) is 7.93. The maximum atomic E-state index is 12.0. The minimum Gasteiger partial charge on any atom is -0.306 e. The highest BCUT2D eigenvalue weighted by Crippen LogP contribution is 2.27. The molecule has 4 rings (SSSR count). The second-order valence-electron chi connectivity index (χ2n) is 5.99. The summed E-state index contributed by atoms with van der Waals surface area (Å²) in [7, 11) is 1.68. The number of carbonyl (C=O) groups excluding carboxylic acids is 2. The monoisotopic (exact) mass is 336 g/mol. The fraction of sp³-hybridized carbons (Fsp3) is 0.235. The topological polar surface area (TPSA) is 94.7 Å². The number of nitrogens with zero attached hydrogens (tertiary/aromatic N) is 5. The van der Waals surface area contributed by atoms with E-state index >= 15 is 0 Å². The van der Waals surface area contributed by atoms with Gasteiger partial charge in [-0.05, 0) is 17.5 Å². The van der Waals surface area contributed by atoms with Crippen molar-refractivity contribution in [1.82, 2.24) is 24.8 Å². The lowest BCUT2D eigenvalue weighted by Crippen LogP contribution is -2.19. The zero-order valence-electron chi connectivity index (χ0n) is 13.6. The first-order chi connectivity index (χ1) is 12.1. The van der Waals surface area contributed by atoms with Crippen molar-refractivity contribution in [3.8, 4) is 11.1 Å². The molecule has 8 heteroatoms. The number of rotatable bonds is 4. The van der Waals surface area contributed by atoms with Gasteiger partial charge in [-0.15, -0.1) is 5.10 Å². The minimum absolute atomic E-state index is 0.0833. The lowest BCUT2D eigenvalue weighted by Gasteiger charge is -2.03. The van der Waals surface area contributed by atoms with Gasteiger partial charge in [-0.2, -0.15) is 15.0 Å². The number of hydrogen-bond acceptors (Lipinski definition) is 5. The van der Waals surface area contributed by atoms with Crippen LogP contribution in [-0.2, 0) is 24.8 Å². The number of aryl methyl sites for hydroxylation is 2. The van der Waals surface area contributed by atoms with Crippen LogP contribution >= 0.6 is 0 Å². The van der Waals surface area contributed by atoms with Crippen molar-refractivity contribution in [2.45, 2.75) is 19.4 Å². The fourth-order valence-corrected chi connectivity index (χ4v) is 2.97. The summed E-state index contributed by atoms with van der Waals surface area (Å²) in [6, 6.07) is 5.82. The highest BCUT2D eigenvalue weighted by atomic mass is 16.2. The van der Waals surface area contributed by atoms with Gasteiger partial charge in [0.2, 0.25) is 5.91 Å². The summed E-state index contributed by atoms with van der Waals surface area (Å²) in [5.74, 6) is 0.385. The summed E-state index contributed by atoms with van der Waals surface area (Å²) in [6.45, 7) is 0.0833. The predicted molar refractivity (Wildman–Crippen MR) is 89.9 cm³/mol. The molecule has 126 valence electrons. The third-order valence-electron chi connectivity index (χ3n) is 4.17. The van der Waals surface area contributed by atoms with Gasteiger partial charge in [0.1, 0.15) is 6.54 Å². The molecule has 0 atom stereocenters. The van der Waals surface area contributed by atoms with Crippen molar-refractivity contribution in [2.24, 2.45) is 7.05 Å². The maximum Gasteiger partial charge on any atom is 0.247 e. The molecule has 0 aliphatic heterocycles. The van der Waals surface area contributed by atoms with E-state index in [2.05, 4.69) is 20.6 Å². The van der Waals surface area contributed by atoms with Crippen LogP contribution < -0.4 is 5.32 Å². The molecule has 25 heavy (non-hydrogen) atoms. The molecule has 1 amide bonds. The summed E-state index contributed by atoms with van der Waals surface area (Å²) in [5, 5.41) is 14.8. The molecule has 1 aliphatic carbocycles. The number of amides is 1. The molecule has 0 saturated heterocycles. The Labute approximate surface area is 143 Å². The molecule has 2 heterocycles.